The van der Waals surface area contributed by atoms with Crippen LogP contribution < -0.4 is 20.7 Å². The van der Waals surface area contributed by atoms with Crippen molar-refractivity contribution in [3.63, 3.8) is 0 Å². The lowest BCUT2D eigenvalue weighted by molar-refractivity contribution is -0.384. The number of halogens is 3. The van der Waals surface area contributed by atoms with Crippen LogP contribution in [0.5, 0.6) is 5.75 Å². The van der Waals surface area contributed by atoms with Crippen molar-refractivity contribution in [2.24, 2.45) is 5.92 Å². The lowest BCUT2D eigenvalue weighted by Crippen LogP contribution is -2.34. The van der Waals surface area contributed by atoms with E-state index in [1.165, 1.54) is 23.8 Å². The molecule has 0 radical (unpaired) electrons. The van der Waals surface area contributed by atoms with Gasteiger partial charge in [0.15, 0.2) is 0 Å². The van der Waals surface area contributed by atoms with Gasteiger partial charge in [-0.05, 0) is 55.4 Å². The highest BCUT2D eigenvalue weighted by Gasteiger charge is 2.32. The van der Waals surface area contributed by atoms with Crippen molar-refractivity contribution in [2.75, 3.05) is 17.2 Å². The maximum Gasteiger partial charge on any atom is 0.573 e. The first-order valence-corrected chi connectivity index (χ1v) is 12.2. The first-order chi connectivity index (χ1) is 18.3. The Bertz CT molecular complexity index is 1210. The minimum Gasteiger partial charge on any atom is -0.405 e. The molecule has 1 aromatic carbocycles. The molecule has 0 unspecified atom stereocenters. The van der Waals surface area contributed by atoms with Crippen molar-refractivity contribution in [1.29, 1.82) is 0 Å². The zero-order chi connectivity index (χ0) is 27.0. The Morgan fingerprint density at radius 3 is 2.47 bits per heavy atom. The highest BCUT2D eigenvalue weighted by molar-refractivity contribution is 5.57. The van der Waals surface area contributed by atoms with E-state index in [9.17, 15) is 23.3 Å². The molecule has 3 aromatic rings. The van der Waals surface area contributed by atoms with Crippen molar-refractivity contribution in [2.45, 2.75) is 51.2 Å². The number of nitrogens with one attached hydrogen (secondary N) is 3. The maximum atomic E-state index is 12.7. The van der Waals surface area contributed by atoms with E-state index in [0.717, 1.165) is 38.4 Å². The lowest BCUT2D eigenvalue weighted by Gasteiger charge is -2.29. The van der Waals surface area contributed by atoms with Crippen LogP contribution in [0.15, 0.2) is 55.0 Å². The number of nitrogens with zero attached hydrogens (tertiary/aromatic N) is 4. The van der Waals surface area contributed by atoms with E-state index >= 15 is 0 Å². The van der Waals surface area contributed by atoms with Crippen LogP contribution in [-0.4, -0.2) is 38.8 Å². The first-order valence-electron chi connectivity index (χ1n) is 12.2. The molecule has 13 heteroatoms. The number of anilines is 2. The zero-order valence-electron chi connectivity index (χ0n) is 20.4. The Labute approximate surface area is 217 Å². The van der Waals surface area contributed by atoms with Crippen molar-refractivity contribution in [3.8, 4) is 5.75 Å². The summed E-state index contributed by atoms with van der Waals surface area (Å²) in [5.74, 6) is 0.0826. The summed E-state index contributed by atoms with van der Waals surface area (Å²) in [6, 6.07) is 10.1. The summed E-state index contributed by atoms with van der Waals surface area (Å²) in [6.45, 7) is 1.22. The number of ether oxygens (including phenoxy) is 1. The Balaban J connectivity index is 1.31. The largest absolute Gasteiger partial charge is 0.573 e. The number of nitro groups is 1. The molecule has 0 bridgehead atoms. The van der Waals surface area contributed by atoms with E-state index in [4.69, 9.17) is 0 Å². The summed E-state index contributed by atoms with van der Waals surface area (Å²) in [6.07, 6.45) is 3.71. The number of hydrogen-bond acceptors (Lipinski definition) is 9. The Morgan fingerprint density at radius 2 is 1.76 bits per heavy atom. The standard InChI is InChI=1S/C25H28F3N7O3/c26-25(27,28)38-22-4-2-1-3-19(22)15-32-24-33-16-21(35(36)37)23(34-24)31-14-17-5-7-20(8-6-17)30-13-18-9-11-29-12-10-18/h1-4,9-12,16-17,20,30H,5-8,13-15H2,(H2,31,32,33,34). The summed E-state index contributed by atoms with van der Waals surface area (Å²) >= 11 is 0. The summed E-state index contributed by atoms with van der Waals surface area (Å²) in [7, 11) is 0. The fraction of sp³-hybridized carbons (Fsp3) is 0.400. The molecule has 0 atom stereocenters. The Morgan fingerprint density at radius 1 is 1.03 bits per heavy atom. The minimum absolute atomic E-state index is 0.0453. The summed E-state index contributed by atoms with van der Waals surface area (Å²) in [5.41, 5.74) is 1.14. The van der Waals surface area contributed by atoms with E-state index in [1.807, 2.05) is 12.1 Å². The monoisotopic (exact) mass is 531 g/mol. The van der Waals surface area contributed by atoms with Gasteiger partial charge in [-0.3, -0.25) is 15.1 Å². The van der Waals surface area contributed by atoms with Crippen molar-refractivity contribution < 1.29 is 22.8 Å². The molecule has 0 amide bonds. The van der Waals surface area contributed by atoms with Crippen molar-refractivity contribution in [1.82, 2.24) is 20.3 Å². The smallest absolute Gasteiger partial charge is 0.405 e. The molecule has 202 valence electrons. The minimum atomic E-state index is -4.83. The van der Waals surface area contributed by atoms with Crippen molar-refractivity contribution >= 4 is 17.5 Å². The van der Waals surface area contributed by atoms with Gasteiger partial charge in [-0.2, -0.15) is 4.98 Å². The molecule has 2 heterocycles. The van der Waals surface area contributed by atoms with E-state index < -0.39 is 11.3 Å². The van der Waals surface area contributed by atoms with Crippen LogP contribution in [0, 0.1) is 16.0 Å². The second-order valence-corrected chi connectivity index (χ2v) is 9.03. The fourth-order valence-electron chi connectivity index (χ4n) is 4.35. The number of alkyl halides is 3. The molecule has 3 N–H and O–H groups in total. The number of para-hydroxylation sites is 1. The van der Waals surface area contributed by atoms with E-state index in [0.29, 0.717) is 18.5 Å². The quantitative estimate of drug-likeness (QED) is 0.230. The molecule has 1 saturated carbocycles. The predicted octanol–water partition coefficient (Wildman–Crippen LogP) is 5.05. The fourth-order valence-corrected chi connectivity index (χ4v) is 4.35. The molecule has 10 nitrogen and oxygen atoms in total. The molecule has 0 spiro atoms. The van der Waals surface area contributed by atoms with E-state index in [2.05, 4.69) is 35.6 Å². The third-order valence-corrected chi connectivity index (χ3v) is 6.35. The van der Waals surface area contributed by atoms with Gasteiger partial charge in [0.05, 0.1) is 4.92 Å². The third kappa shape index (κ3) is 8.00. The second kappa shape index (κ2) is 12.5. The molecule has 0 saturated heterocycles. The molecule has 4 rings (SSSR count). The molecule has 0 aliphatic heterocycles. The van der Waals surface area contributed by atoms with E-state index in [-0.39, 0.29) is 35.3 Å². The summed E-state index contributed by atoms with van der Waals surface area (Å²) in [5, 5.41) is 21.0. The van der Waals surface area contributed by atoms with Crippen LogP contribution in [0.1, 0.15) is 36.8 Å². The third-order valence-electron chi connectivity index (χ3n) is 6.35. The molecule has 1 fully saturated rings. The van der Waals surface area contributed by atoms with Gasteiger partial charge in [-0.25, -0.2) is 4.98 Å². The maximum absolute atomic E-state index is 12.7. The van der Waals surface area contributed by atoms with Gasteiger partial charge in [0.25, 0.3) is 0 Å². The van der Waals surface area contributed by atoms with Gasteiger partial charge in [-0.1, -0.05) is 18.2 Å². The first kappa shape index (κ1) is 27.0. The Kier molecular flexibility index (Phi) is 8.89. The highest BCUT2D eigenvalue weighted by Crippen LogP contribution is 2.29. The van der Waals surface area contributed by atoms with Crippen molar-refractivity contribution in [3.05, 3.63) is 76.2 Å². The predicted molar refractivity (Wildman–Crippen MR) is 134 cm³/mol. The van der Waals surface area contributed by atoms with Gasteiger partial charge in [0, 0.05) is 43.6 Å². The van der Waals surface area contributed by atoms with Gasteiger partial charge in [0.1, 0.15) is 11.9 Å². The SMILES string of the molecule is O=[N+]([O-])c1cnc(NCc2ccccc2OC(F)(F)F)nc1NCC1CCC(NCc2ccncc2)CC1. The molecule has 2 aromatic heterocycles. The van der Waals surface area contributed by atoms with Gasteiger partial charge in [-0.15, -0.1) is 13.2 Å². The van der Waals surface area contributed by atoms with Crippen LogP contribution in [0.4, 0.5) is 30.6 Å². The van der Waals surface area contributed by atoms with Crippen LogP contribution in [0.25, 0.3) is 0 Å². The normalized spacial score (nSPS) is 17.6. The molecule has 38 heavy (non-hydrogen) atoms. The average Bonchev–Trinajstić information content (AvgIpc) is 2.90. The van der Waals surface area contributed by atoms with Crippen LogP contribution in [-0.2, 0) is 13.1 Å². The highest BCUT2D eigenvalue weighted by atomic mass is 19.4. The van der Waals surface area contributed by atoms with Crippen LogP contribution in [0.2, 0.25) is 0 Å². The van der Waals surface area contributed by atoms with Gasteiger partial charge >= 0.3 is 12.0 Å². The Hall–Kier alpha value is -4.00. The number of aromatic nitrogens is 3. The number of pyridine rings is 1. The summed E-state index contributed by atoms with van der Waals surface area (Å²) in [4.78, 5) is 23.1. The van der Waals surface area contributed by atoms with Crippen LogP contribution in [0.3, 0.4) is 0 Å². The lowest BCUT2D eigenvalue weighted by atomic mass is 9.86. The molecular weight excluding hydrogens is 503 g/mol. The zero-order valence-corrected chi connectivity index (χ0v) is 20.4. The topological polar surface area (TPSA) is 127 Å². The van der Waals surface area contributed by atoms with Gasteiger partial charge in [0.2, 0.25) is 11.8 Å². The number of rotatable bonds is 11. The average molecular weight is 532 g/mol. The van der Waals surface area contributed by atoms with Gasteiger partial charge < -0.3 is 20.7 Å². The molecule has 1 aliphatic rings. The molecular formula is C25H28F3N7O3. The second-order valence-electron chi connectivity index (χ2n) is 9.03. The number of hydrogen-bond donors (Lipinski definition) is 3. The molecule has 1 aliphatic carbocycles. The van der Waals surface area contributed by atoms with Crippen LogP contribution >= 0.6 is 0 Å². The number of benzene rings is 1. The van der Waals surface area contributed by atoms with E-state index in [1.54, 1.807) is 18.5 Å². The summed E-state index contributed by atoms with van der Waals surface area (Å²) < 4.78 is 42.1.